The number of rotatable bonds is 3. The van der Waals surface area contributed by atoms with Crippen LogP contribution in [0.1, 0.15) is 11.6 Å². The van der Waals surface area contributed by atoms with E-state index in [0.717, 1.165) is 12.1 Å². The molecule has 0 aliphatic carbocycles. The Labute approximate surface area is 152 Å². The number of piperazine rings is 1. The van der Waals surface area contributed by atoms with E-state index in [4.69, 9.17) is 23.2 Å². The van der Waals surface area contributed by atoms with Crippen LogP contribution in [0.3, 0.4) is 0 Å². The predicted octanol–water partition coefficient (Wildman–Crippen LogP) is 2.25. The number of quaternary nitrogens is 1. The summed E-state index contributed by atoms with van der Waals surface area (Å²) in [4.78, 5) is 1.37. The lowest BCUT2D eigenvalue weighted by Crippen LogP contribution is -3.12. The summed E-state index contributed by atoms with van der Waals surface area (Å²) in [6, 6.07) is 14.2. The van der Waals surface area contributed by atoms with Crippen LogP contribution in [0.25, 0.3) is 0 Å². The molecule has 1 aliphatic rings. The minimum atomic E-state index is -3.73. The van der Waals surface area contributed by atoms with E-state index in [0.29, 0.717) is 13.1 Å². The summed E-state index contributed by atoms with van der Waals surface area (Å²) >= 11 is 12.2. The highest BCUT2D eigenvalue weighted by molar-refractivity contribution is 7.89. The van der Waals surface area contributed by atoms with Gasteiger partial charge in [-0.2, -0.15) is 4.31 Å². The van der Waals surface area contributed by atoms with Crippen LogP contribution in [0, 0.1) is 0 Å². The minimum Gasteiger partial charge on any atom is -0.335 e. The van der Waals surface area contributed by atoms with Gasteiger partial charge in [-0.1, -0.05) is 59.6 Å². The van der Waals surface area contributed by atoms with Crippen LogP contribution >= 0.6 is 23.2 Å². The Balaban J connectivity index is 2.06. The molecule has 0 amide bonds. The van der Waals surface area contributed by atoms with E-state index in [2.05, 4.69) is 7.05 Å². The first-order chi connectivity index (χ1) is 11.4. The lowest BCUT2D eigenvalue weighted by atomic mass is 10.1. The number of sulfonamides is 1. The van der Waals surface area contributed by atoms with Gasteiger partial charge < -0.3 is 4.90 Å². The van der Waals surface area contributed by atoms with E-state index >= 15 is 0 Å². The van der Waals surface area contributed by atoms with E-state index < -0.39 is 10.0 Å². The standard InChI is InChI=1S/C17H18Cl2N2O2S/c1-20-10-11-21(15(12-20)13-6-3-2-4-7-13)24(22,23)16-9-5-8-14(18)17(16)19/h2-9,15H,10-12H2,1H3/p+1/t15-/m0/s1. The minimum absolute atomic E-state index is 0.0668. The largest absolute Gasteiger partial charge is 0.335 e. The van der Waals surface area contributed by atoms with Crippen LogP contribution in [0.2, 0.25) is 10.0 Å². The van der Waals surface area contributed by atoms with Gasteiger partial charge in [-0.25, -0.2) is 8.42 Å². The molecule has 1 aliphatic heterocycles. The Morgan fingerprint density at radius 1 is 1.08 bits per heavy atom. The molecule has 1 fully saturated rings. The lowest BCUT2D eigenvalue weighted by Gasteiger charge is -2.37. The third-order valence-corrected chi connectivity index (χ3v) is 7.22. The van der Waals surface area contributed by atoms with Crippen molar-refractivity contribution in [3.05, 3.63) is 64.1 Å². The first kappa shape index (κ1) is 17.7. The molecule has 3 rings (SSSR count). The highest BCUT2D eigenvalue weighted by atomic mass is 35.5. The maximum absolute atomic E-state index is 13.2. The highest BCUT2D eigenvalue weighted by Gasteiger charge is 2.39. The fourth-order valence-corrected chi connectivity index (χ4v) is 5.40. The first-order valence-electron chi connectivity index (χ1n) is 7.73. The van der Waals surface area contributed by atoms with Crippen molar-refractivity contribution >= 4 is 33.2 Å². The number of benzene rings is 2. The van der Waals surface area contributed by atoms with Gasteiger partial charge in [0.1, 0.15) is 4.90 Å². The van der Waals surface area contributed by atoms with Crippen LogP contribution in [-0.2, 0) is 10.0 Å². The Bertz CT molecular complexity index is 828. The molecular weight excluding hydrogens is 367 g/mol. The molecule has 128 valence electrons. The van der Waals surface area contributed by atoms with Crippen molar-refractivity contribution in [2.75, 3.05) is 26.7 Å². The molecule has 0 radical (unpaired) electrons. The van der Waals surface area contributed by atoms with Gasteiger partial charge in [-0.15, -0.1) is 0 Å². The van der Waals surface area contributed by atoms with Crippen molar-refractivity contribution in [3.8, 4) is 0 Å². The molecule has 1 unspecified atom stereocenters. The van der Waals surface area contributed by atoms with Crippen molar-refractivity contribution < 1.29 is 13.3 Å². The van der Waals surface area contributed by atoms with Crippen LogP contribution in [0.4, 0.5) is 0 Å². The summed E-state index contributed by atoms with van der Waals surface area (Å²) in [7, 11) is -1.66. The Morgan fingerprint density at radius 3 is 2.50 bits per heavy atom. The summed E-state index contributed by atoms with van der Waals surface area (Å²) in [5.41, 5.74) is 0.985. The zero-order valence-electron chi connectivity index (χ0n) is 13.2. The third-order valence-electron chi connectivity index (χ3n) is 4.34. The summed E-state index contributed by atoms with van der Waals surface area (Å²) in [6.07, 6.45) is 0. The number of likely N-dealkylation sites (N-methyl/N-ethyl adjacent to an activating group) is 1. The van der Waals surface area contributed by atoms with Crippen molar-refractivity contribution in [3.63, 3.8) is 0 Å². The molecule has 0 aromatic heterocycles. The molecule has 2 atom stereocenters. The van der Waals surface area contributed by atoms with Crippen LogP contribution in [0.5, 0.6) is 0 Å². The normalized spacial score (nSPS) is 22.5. The van der Waals surface area contributed by atoms with E-state index in [1.165, 1.54) is 11.0 Å². The second-order valence-electron chi connectivity index (χ2n) is 6.01. The van der Waals surface area contributed by atoms with E-state index in [9.17, 15) is 8.42 Å². The molecule has 1 heterocycles. The second kappa shape index (κ2) is 7.02. The predicted molar refractivity (Wildman–Crippen MR) is 96.2 cm³/mol. The van der Waals surface area contributed by atoms with E-state index in [1.54, 1.807) is 16.4 Å². The molecular formula is C17H19Cl2N2O2S+. The van der Waals surface area contributed by atoms with Gasteiger partial charge in [0.25, 0.3) is 0 Å². The Kier molecular flexibility index (Phi) is 5.18. The number of hydrogen-bond donors (Lipinski definition) is 1. The van der Waals surface area contributed by atoms with E-state index in [1.807, 2.05) is 30.3 Å². The second-order valence-corrected chi connectivity index (χ2v) is 8.65. The molecule has 0 spiro atoms. The zero-order valence-corrected chi connectivity index (χ0v) is 15.6. The number of nitrogens with one attached hydrogen (secondary N) is 1. The molecule has 1 saturated heterocycles. The average Bonchev–Trinajstić information content (AvgIpc) is 2.57. The van der Waals surface area contributed by atoms with Crippen molar-refractivity contribution in [2.24, 2.45) is 0 Å². The third kappa shape index (κ3) is 3.32. The fourth-order valence-electron chi connectivity index (χ4n) is 3.05. The Hall–Kier alpha value is -1.11. The first-order valence-corrected chi connectivity index (χ1v) is 9.93. The summed E-state index contributed by atoms with van der Waals surface area (Å²) < 4.78 is 28.0. The molecule has 24 heavy (non-hydrogen) atoms. The van der Waals surface area contributed by atoms with Gasteiger partial charge in [0.2, 0.25) is 10.0 Å². The molecule has 0 saturated carbocycles. The number of hydrogen-bond acceptors (Lipinski definition) is 2. The van der Waals surface area contributed by atoms with Gasteiger partial charge in [0, 0.05) is 0 Å². The zero-order chi connectivity index (χ0) is 17.3. The topological polar surface area (TPSA) is 41.8 Å². The van der Waals surface area contributed by atoms with Crippen LogP contribution < -0.4 is 4.90 Å². The Morgan fingerprint density at radius 2 is 1.79 bits per heavy atom. The average molecular weight is 386 g/mol. The van der Waals surface area contributed by atoms with Gasteiger partial charge in [0.05, 0.1) is 42.8 Å². The summed E-state index contributed by atoms with van der Waals surface area (Å²) in [6.45, 7) is 1.90. The summed E-state index contributed by atoms with van der Waals surface area (Å²) in [5, 5.41) is 0.325. The van der Waals surface area contributed by atoms with Crippen molar-refractivity contribution in [1.29, 1.82) is 0 Å². The smallest absolute Gasteiger partial charge is 0.245 e. The monoisotopic (exact) mass is 385 g/mol. The van der Waals surface area contributed by atoms with E-state index in [-0.39, 0.29) is 21.0 Å². The van der Waals surface area contributed by atoms with Crippen LogP contribution in [-0.4, -0.2) is 39.4 Å². The lowest BCUT2D eigenvalue weighted by molar-refractivity contribution is -0.887. The molecule has 4 nitrogen and oxygen atoms in total. The highest BCUT2D eigenvalue weighted by Crippen LogP contribution is 2.34. The number of halogens is 2. The maximum atomic E-state index is 13.2. The molecule has 2 aromatic carbocycles. The maximum Gasteiger partial charge on any atom is 0.245 e. The van der Waals surface area contributed by atoms with Gasteiger partial charge >= 0.3 is 0 Å². The number of nitrogens with zero attached hydrogens (tertiary/aromatic N) is 1. The van der Waals surface area contributed by atoms with Gasteiger partial charge in [0.15, 0.2) is 0 Å². The fraction of sp³-hybridized carbons (Fsp3) is 0.294. The molecule has 7 heteroatoms. The van der Waals surface area contributed by atoms with Gasteiger partial charge in [-0.3, -0.25) is 0 Å². The van der Waals surface area contributed by atoms with Crippen LogP contribution in [0.15, 0.2) is 53.4 Å². The van der Waals surface area contributed by atoms with Crippen molar-refractivity contribution in [2.45, 2.75) is 10.9 Å². The SMILES string of the molecule is C[NH+]1CCN(S(=O)(=O)c2cccc(Cl)c2Cl)[C@H](c2ccccc2)C1. The van der Waals surface area contributed by atoms with Gasteiger partial charge in [-0.05, 0) is 17.7 Å². The molecule has 1 N–H and O–H groups in total. The van der Waals surface area contributed by atoms with Crippen molar-refractivity contribution in [1.82, 2.24) is 4.31 Å². The quantitative estimate of drug-likeness (QED) is 0.880. The summed E-state index contributed by atoms with van der Waals surface area (Å²) in [5.74, 6) is 0. The molecule has 2 aromatic rings. The molecule has 0 bridgehead atoms.